The molecule has 0 saturated heterocycles. The molecule has 0 spiro atoms. The van der Waals surface area contributed by atoms with Crippen LogP contribution in [0.3, 0.4) is 0 Å². The highest BCUT2D eigenvalue weighted by Crippen LogP contribution is 2.17. The molecule has 0 bridgehead atoms. The molecule has 0 aromatic carbocycles. The molecule has 0 amide bonds. The van der Waals surface area contributed by atoms with Gasteiger partial charge in [-0.15, -0.1) is 0 Å². The maximum atomic E-state index is 12.8. The highest BCUT2D eigenvalue weighted by Gasteiger charge is 2.19. The van der Waals surface area contributed by atoms with Crippen molar-refractivity contribution in [1.29, 1.82) is 0 Å². The molecule has 0 aliphatic carbocycles. The van der Waals surface area contributed by atoms with Crippen LogP contribution >= 0.6 is 0 Å². The van der Waals surface area contributed by atoms with Crippen molar-refractivity contribution < 1.29 is 28.6 Å². The molecule has 0 heterocycles. The number of allylic oxidation sites excluding steroid dienone is 4. The second-order valence-electron chi connectivity index (χ2n) is 18.9. The molecule has 0 saturated carbocycles. The first-order chi connectivity index (χ1) is 31.0. The van der Waals surface area contributed by atoms with E-state index in [0.29, 0.717) is 19.3 Å². The Balaban J connectivity index is 4.29. The molecule has 6 nitrogen and oxygen atoms in total. The van der Waals surface area contributed by atoms with Crippen molar-refractivity contribution >= 4 is 17.9 Å². The Morgan fingerprint density at radius 3 is 0.905 bits per heavy atom. The summed E-state index contributed by atoms with van der Waals surface area (Å²) in [7, 11) is 0. The maximum absolute atomic E-state index is 12.8. The van der Waals surface area contributed by atoms with Crippen molar-refractivity contribution in [3.05, 3.63) is 24.3 Å². The van der Waals surface area contributed by atoms with Crippen LogP contribution in [0.25, 0.3) is 0 Å². The van der Waals surface area contributed by atoms with E-state index >= 15 is 0 Å². The van der Waals surface area contributed by atoms with Crippen molar-refractivity contribution in [3.63, 3.8) is 0 Å². The fourth-order valence-corrected chi connectivity index (χ4v) is 8.24. The van der Waals surface area contributed by atoms with Crippen LogP contribution in [-0.2, 0) is 28.6 Å². The second-order valence-corrected chi connectivity index (χ2v) is 18.9. The van der Waals surface area contributed by atoms with Gasteiger partial charge in [-0.05, 0) is 51.4 Å². The molecule has 0 aliphatic rings. The van der Waals surface area contributed by atoms with Crippen LogP contribution in [0, 0.1) is 0 Å². The van der Waals surface area contributed by atoms with Crippen molar-refractivity contribution in [2.75, 3.05) is 13.2 Å². The number of esters is 3. The van der Waals surface area contributed by atoms with Gasteiger partial charge in [0.25, 0.3) is 0 Å². The molecule has 6 heteroatoms. The van der Waals surface area contributed by atoms with Gasteiger partial charge in [-0.25, -0.2) is 0 Å². The zero-order chi connectivity index (χ0) is 45.8. The van der Waals surface area contributed by atoms with Crippen molar-refractivity contribution in [3.8, 4) is 0 Å². The third-order valence-electron chi connectivity index (χ3n) is 12.5. The lowest BCUT2D eigenvalue weighted by Crippen LogP contribution is -2.30. The monoisotopic (exact) mass is 887 g/mol. The number of hydrogen-bond donors (Lipinski definition) is 0. The fourth-order valence-electron chi connectivity index (χ4n) is 8.24. The summed E-state index contributed by atoms with van der Waals surface area (Å²) in [5, 5.41) is 0. The Kier molecular flexibility index (Phi) is 50.8. The lowest BCUT2D eigenvalue weighted by Gasteiger charge is -2.18. The molecular formula is C57H106O6. The van der Waals surface area contributed by atoms with Crippen LogP contribution in [0.15, 0.2) is 24.3 Å². The quantitative estimate of drug-likeness (QED) is 0.0262. The highest BCUT2D eigenvalue weighted by atomic mass is 16.6. The average molecular weight is 887 g/mol. The molecule has 1 atom stereocenters. The van der Waals surface area contributed by atoms with Gasteiger partial charge < -0.3 is 14.2 Å². The summed E-state index contributed by atoms with van der Waals surface area (Å²) in [6.45, 7) is 6.64. The molecule has 0 aromatic heterocycles. The van der Waals surface area contributed by atoms with Crippen LogP contribution in [0.2, 0.25) is 0 Å². The first-order valence-corrected chi connectivity index (χ1v) is 27.8. The second kappa shape index (κ2) is 52.5. The number of rotatable bonds is 51. The number of unbranched alkanes of at least 4 members (excludes halogenated alkanes) is 36. The van der Waals surface area contributed by atoms with Crippen LogP contribution in [0.1, 0.15) is 303 Å². The average Bonchev–Trinajstić information content (AvgIpc) is 3.28. The molecule has 1 unspecified atom stereocenters. The van der Waals surface area contributed by atoms with Gasteiger partial charge in [0.2, 0.25) is 0 Å². The molecule has 0 N–H and O–H groups in total. The summed E-state index contributed by atoms with van der Waals surface area (Å²) in [4.78, 5) is 38.0. The summed E-state index contributed by atoms with van der Waals surface area (Å²) in [5.74, 6) is -0.868. The third kappa shape index (κ3) is 50.7. The third-order valence-corrected chi connectivity index (χ3v) is 12.5. The van der Waals surface area contributed by atoms with Crippen LogP contribution < -0.4 is 0 Å². The Morgan fingerprint density at radius 1 is 0.317 bits per heavy atom. The molecule has 0 rings (SSSR count). The molecule has 0 radical (unpaired) electrons. The number of hydrogen-bond acceptors (Lipinski definition) is 6. The van der Waals surface area contributed by atoms with Crippen molar-refractivity contribution in [2.45, 2.75) is 309 Å². The van der Waals surface area contributed by atoms with Gasteiger partial charge in [0, 0.05) is 19.3 Å². The van der Waals surface area contributed by atoms with Crippen LogP contribution in [-0.4, -0.2) is 37.2 Å². The maximum Gasteiger partial charge on any atom is 0.306 e. The van der Waals surface area contributed by atoms with Gasteiger partial charge in [0.1, 0.15) is 13.2 Å². The van der Waals surface area contributed by atoms with E-state index in [1.54, 1.807) is 0 Å². The molecule has 370 valence electrons. The van der Waals surface area contributed by atoms with E-state index in [0.717, 1.165) is 77.0 Å². The Bertz CT molecular complexity index is 1020. The van der Waals surface area contributed by atoms with E-state index < -0.39 is 6.10 Å². The fraction of sp³-hybridized carbons (Fsp3) is 0.877. The minimum absolute atomic E-state index is 0.0718. The lowest BCUT2D eigenvalue weighted by atomic mass is 10.0. The molecular weight excluding hydrogens is 781 g/mol. The molecule has 0 fully saturated rings. The minimum atomic E-state index is -0.772. The number of ether oxygens (including phenoxy) is 3. The van der Waals surface area contributed by atoms with Gasteiger partial charge >= 0.3 is 17.9 Å². The first kappa shape index (κ1) is 60.9. The first-order valence-electron chi connectivity index (χ1n) is 27.8. The normalized spacial score (nSPS) is 12.1. The topological polar surface area (TPSA) is 78.9 Å². The molecule has 0 aliphatic heterocycles. The highest BCUT2D eigenvalue weighted by molar-refractivity contribution is 5.71. The van der Waals surface area contributed by atoms with E-state index in [2.05, 4.69) is 45.1 Å². The van der Waals surface area contributed by atoms with Crippen LogP contribution in [0.4, 0.5) is 0 Å². The van der Waals surface area contributed by atoms with E-state index in [9.17, 15) is 14.4 Å². The summed E-state index contributed by atoms with van der Waals surface area (Å²) in [5.41, 5.74) is 0. The largest absolute Gasteiger partial charge is 0.462 e. The van der Waals surface area contributed by atoms with E-state index in [1.165, 1.54) is 186 Å². The lowest BCUT2D eigenvalue weighted by molar-refractivity contribution is -0.167. The predicted octanol–water partition coefficient (Wildman–Crippen LogP) is 18.3. The molecule has 0 aromatic rings. The van der Waals surface area contributed by atoms with E-state index in [1.807, 2.05) is 0 Å². The van der Waals surface area contributed by atoms with Crippen LogP contribution in [0.5, 0.6) is 0 Å². The zero-order valence-electron chi connectivity index (χ0n) is 42.4. The van der Waals surface area contributed by atoms with Crippen molar-refractivity contribution in [1.82, 2.24) is 0 Å². The SMILES string of the molecule is CCCCC/C=C/C/C=C/CCCCCCCC(=O)OC(COC(=O)CCCCCCCCCCCCC)COC(=O)CCCCCCCCCCCCCCCCCCCCC. The number of carbonyl (C=O) groups is 3. The Hall–Kier alpha value is -2.11. The van der Waals surface area contributed by atoms with Gasteiger partial charge in [-0.1, -0.05) is 257 Å². The van der Waals surface area contributed by atoms with E-state index in [-0.39, 0.29) is 31.1 Å². The summed E-state index contributed by atoms with van der Waals surface area (Å²) in [6.07, 6.45) is 60.2. The predicted molar refractivity (Wildman–Crippen MR) is 270 cm³/mol. The van der Waals surface area contributed by atoms with Crippen molar-refractivity contribution in [2.24, 2.45) is 0 Å². The Morgan fingerprint density at radius 2 is 0.571 bits per heavy atom. The summed E-state index contributed by atoms with van der Waals surface area (Å²) < 4.78 is 16.8. The standard InChI is InChI=1S/C57H106O6/c1-4-7-10-13-16-19-22-24-26-27-28-29-31-32-35-38-41-44-47-50-56(59)62-53-54(52-61-55(58)49-46-43-40-37-34-21-18-15-12-9-6-3)63-57(60)51-48-45-42-39-36-33-30-25-23-20-17-14-11-8-5-2/h17,20,25,30,54H,4-16,18-19,21-24,26-29,31-53H2,1-3H3/b20-17+,30-25+. The van der Waals surface area contributed by atoms with Gasteiger partial charge in [-0.3, -0.25) is 14.4 Å². The minimum Gasteiger partial charge on any atom is -0.462 e. The summed E-state index contributed by atoms with van der Waals surface area (Å²) >= 11 is 0. The number of carbonyl (C=O) groups excluding carboxylic acids is 3. The smallest absolute Gasteiger partial charge is 0.306 e. The van der Waals surface area contributed by atoms with Gasteiger partial charge in [0.15, 0.2) is 6.10 Å². The molecule has 63 heavy (non-hydrogen) atoms. The van der Waals surface area contributed by atoms with E-state index in [4.69, 9.17) is 14.2 Å². The Labute approximate surface area is 392 Å². The zero-order valence-corrected chi connectivity index (χ0v) is 42.4. The van der Waals surface area contributed by atoms with Gasteiger partial charge in [-0.2, -0.15) is 0 Å². The van der Waals surface area contributed by atoms with Gasteiger partial charge in [0.05, 0.1) is 0 Å². The summed E-state index contributed by atoms with van der Waals surface area (Å²) in [6, 6.07) is 0.